The number of pyridine rings is 1. The van der Waals surface area contributed by atoms with Gasteiger partial charge in [0.05, 0.1) is 0 Å². The number of piperidine rings is 1. The van der Waals surface area contributed by atoms with Gasteiger partial charge in [0.1, 0.15) is 11.5 Å². The lowest BCUT2D eigenvalue weighted by atomic mass is 9.95. The highest BCUT2D eigenvalue weighted by atomic mass is 19.4. The quantitative estimate of drug-likeness (QED) is 0.878. The minimum Gasteiger partial charge on any atom is -0.357 e. The number of aromatic nitrogens is 1. The largest absolute Gasteiger partial charge is 0.433 e. The van der Waals surface area contributed by atoms with Crippen molar-refractivity contribution in [3.63, 3.8) is 0 Å². The van der Waals surface area contributed by atoms with E-state index in [9.17, 15) is 18.0 Å². The van der Waals surface area contributed by atoms with Crippen LogP contribution in [0.2, 0.25) is 0 Å². The van der Waals surface area contributed by atoms with E-state index in [4.69, 9.17) is 0 Å². The molecule has 3 rings (SSSR count). The van der Waals surface area contributed by atoms with E-state index < -0.39 is 11.9 Å². The normalized spacial score (nSPS) is 15.6. The van der Waals surface area contributed by atoms with E-state index in [1.165, 1.54) is 11.6 Å². The first-order chi connectivity index (χ1) is 12.8. The van der Waals surface area contributed by atoms with Crippen molar-refractivity contribution in [2.45, 2.75) is 32.5 Å². The van der Waals surface area contributed by atoms with Crippen molar-refractivity contribution in [3.8, 4) is 0 Å². The summed E-state index contributed by atoms with van der Waals surface area (Å²) in [6.07, 6.45) is -3.26. The molecule has 1 aromatic carbocycles. The van der Waals surface area contributed by atoms with Crippen LogP contribution in [0.5, 0.6) is 0 Å². The molecule has 0 spiro atoms. The van der Waals surface area contributed by atoms with Crippen LogP contribution in [-0.4, -0.2) is 24.0 Å². The van der Waals surface area contributed by atoms with Crippen LogP contribution in [0.3, 0.4) is 0 Å². The Morgan fingerprint density at radius 2 is 1.81 bits per heavy atom. The molecule has 1 N–H and O–H groups in total. The summed E-state index contributed by atoms with van der Waals surface area (Å²) in [6.45, 7) is 3.51. The molecule has 0 atom stereocenters. The van der Waals surface area contributed by atoms with E-state index in [-0.39, 0.29) is 11.8 Å². The zero-order valence-electron chi connectivity index (χ0n) is 15.1. The number of alkyl halides is 3. The highest BCUT2D eigenvalue weighted by Gasteiger charge is 2.33. The van der Waals surface area contributed by atoms with Crippen LogP contribution in [0.25, 0.3) is 0 Å². The van der Waals surface area contributed by atoms with Crippen molar-refractivity contribution in [1.82, 2.24) is 10.3 Å². The Hall–Kier alpha value is -2.57. The predicted octanol–water partition coefficient (Wildman–Crippen LogP) is 3.94. The third-order valence-electron chi connectivity index (χ3n) is 4.80. The minimum absolute atomic E-state index is 0.00720. The van der Waals surface area contributed by atoms with Crippen molar-refractivity contribution in [3.05, 3.63) is 59.3 Å². The molecule has 0 aliphatic carbocycles. The Balaban J connectivity index is 1.52. The maximum Gasteiger partial charge on any atom is 0.433 e. The molecule has 1 aliphatic rings. The Bertz CT molecular complexity index is 782. The van der Waals surface area contributed by atoms with Crippen LogP contribution in [0.4, 0.5) is 19.0 Å². The number of rotatable bonds is 4. The number of carbonyl (C=O) groups excluding carboxylic acids is 1. The monoisotopic (exact) mass is 377 g/mol. The first kappa shape index (κ1) is 19.2. The number of aryl methyl sites for hydroxylation is 1. The molecular formula is C20H22F3N3O. The number of nitrogens with zero attached hydrogens (tertiary/aromatic N) is 2. The van der Waals surface area contributed by atoms with Crippen molar-refractivity contribution < 1.29 is 18.0 Å². The third kappa shape index (κ3) is 4.99. The highest BCUT2D eigenvalue weighted by Crippen LogP contribution is 2.30. The molecule has 144 valence electrons. The van der Waals surface area contributed by atoms with Crippen LogP contribution < -0.4 is 10.2 Å². The Morgan fingerprint density at radius 3 is 2.44 bits per heavy atom. The van der Waals surface area contributed by atoms with Crippen LogP contribution in [0.1, 0.15) is 29.7 Å². The molecular weight excluding hydrogens is 355 g/mol. The van der Waals surface area contributed by atoms with Gasteiger partial charge >= 0.3 is 6.18 Å². The van der Waals surface area contributed by atoms with Crippen molar-refractivity contribution in [2.24, 2.45) is 5.92 Å². The van der Waals surface area contributed by atoms with Gasteiger partial charge in [-0.15, -0.1) is 0 Å². The van der Waals surface area contributed by atoms with E-state index >= 15 is 0 Å². The summed E-state index contributed by atoms with van der Waals surface area (Å²) in [6, 6.07) is 11.9. The topological polar surface area (TPSA) is 45.2 Å². The van der Waals surface area contributed by atoms with Gasteiger partial charge in [0.15, 0.2) is 0 Å². The smallest absolute Gasteiger partial charge is 0.357 e. The zero-order valence-corrected chi connectivity index (χ0v) is 15.1. The fraction of sp³-hybridized carbons (Fsp3) is 0.400. The maximum atomic E-state index is 12.8. The fourth-order valence-corrected chi connectivity index (χ4v) is 3.17. The number of halogens is 3. The second-order valence-electron chi connectivity index (χ2n) is 6.84. The molecule has 1 fully saturated rings. The van der Waals surface area contributed by atoms with Crippen molar-refractivity contribution in [1.29, 1.82) is 0 Å². The molecule has 0 radical (unpaired) electrons. The Kier molecular flexibility index (Phi) is 5.68. The standard InChI is InChI=1S/C20H22F3N3O/c1-14-5-7-15(8-6-14)13-24-19(27)16-9-11-26(12-10-16)18-4-2-3-17(25-18)20(21,22)23/h2-8,16H,9-13H2,1H3,(H,24,27). The molecule has 1 amide bonds. The number of carbonyl (C=O) groups is 1. The first-order valence-electron chi connectivity index (χ1n) is 8.95. The molecule has 2 aromatic rings. The number of hydrogen-bond acceptors (Lipinski definition) is 3. The number of nitrogens with one attached hydrogen (secondary N) is 1. The van der Waals surface area contributed by atoms with Crippen LogP contribution in [0, 0.1) is 12.8 Å². The summed E-state index contributed by atoms with van der Waals surface area (Å²) in [7, 11) is 0. The maximum absolute atomic E-state index is 12.8. The highest BCUT2D eigenvalue weighted by molar-refractivity contribution is 5.79. The average molecular weight is 377 g/mol. The summed E-state index contributed by atoms with van der Waals surface area (Å²) in [4.78, 5) is 17.9. The fourth-order valence-electron chi connectivity index (χ4n) is 3.17. The molecule has 1 saturated heterocycles. The SMILES string of the molecule is Cc1ccc(CNC(=O)C2CCN(c3cccc(C(F)(F)F)n3)CC2)cc1. The molecule has 27 heavy (non-hydrogen) atoms. The van der Waals surface area contributed by atoms with E-state index in [1.807, 2.05) is 31.2 Å². The minimum atomic E-state index is -4.45. The molecule has 0 bridgehead atoms. The molecule has 7 heteroatoms. The zero-order chi connectivity index (χ0) is 19.4. The van der Waals surface area contributed by atoms with E-state index in [0.29, 0.717) is 38.3 Å². The van der Waals surface area contributed by atoms with E-state index in [0.717, 1.165) is 11.6 Å². The summed E-state index contributed by atoms with van der Waals surface area (Å²) in [5, 5.41) is 2.95. The van der Waals surface area contributed by atoms with Crippen LogP contribution >= 0.6 is 0 Å². The predicted molar refractivity (Wildman–Crippen MR) is 97.2 cm³/mol. The van der Waals surface area contributed by atoms with Gasteiger partial charge in [0.2, 0.25) is 5.91 Å². The van der Waals surface area contributed by atoms with Gasteiger partial charge < -0.3 is 10.2 Å². The van der Waals surface area contributed by atoms with Crippen molar-refractivity contribution in [2.75, 3.05) is 18.0 Å². The first-order valence-corrected chi connectivity index (χ1v) is 8.95. The van der Waals surface area contributed by atoms with Gasteiger partial charge in [0.25, 0.3) is 0 Å². The Labute approximate surface area is 156 Å². The number of hydrogen-bond donors (Lipinski definition) is 1. The summed E-state index contributed by atoms with van der Waals surface area (Å²) in [5.74, 6) is 0.174. The number of benzene rings is 1. The molecule has 4 nitrogen and oxygen atoms in total. The summed E-state index contributed by atoms with van der Waals surface area (Å²) >= 11 is 0. The lowest BCUT2D eigenvalue weighted by Crippen LogP contribution is -2.40. The third-order valence-corrected chi connectivity index (χ3v) is 4.80. The summed E-state index contributed by atoms with van der Waals surface area (Å²) < 4.78 is 38.4. The van der Waals surface area contributed by atoms with Gasteiger partial charge in [-0.25, -0.2) is 4.98 Å². The molecule has 0 unspecified atom stereocenters. The second-order valence-corrected chi connectivity index (χ2v) is 6.84. The van der Waals surface area contributed by atoms with Crippen LogP contribution in [-0.2, 0) is 17.5 Å². The molecule has 1 aromatic heterocycles. The molecule has 1 aliphatic heterocycles. The molecule has 2 heterocycles. The lowest BCUT2D eigenvalue weighted by molar-refractivity contribution is -0.141. The Morgan fingerprint density at radius 1 is 1.15 bits per heavy atom. The number of anilines is 1. The van der Waals surface area contributed by atoms with E-state index in [2.05, 4.69) is 10.3 Å². The van der Waals surface area contributed by atoms with E-state index in [1.54, 1.807) is 11.0 Å². The molecule has 0 saturated carbocycles. The van der Waals surface area contributed by atoms with Gasteiger partial charge in [-0.3, -0.25) is 4.79 Å². The van der Waals surface area contributed by atoms with Crippen LogP contribution in [0.15, 0.2) is 42.5 Å². The van der Waals surface area contributed by atoms with Gasteiger partial charge in [0, 0.05) is 25.6 Å². The van der Waals surface area contributed by atoms with Gasteiger partial charge in [-0.05, 0) is 37.5 Å². The summed E-state index contributed by atoms with van der Waals surface area (Å²) in [5.41, 5.74) is 1.32. The second kappa shape index (κ2) is 7.98. The lowest BCUT2D eigenvalue weighted by Gasteiger charge is -2.32. The average Bonchev–Trinajstić information content (AvgIpc) is 2.67. The van der Waals surface area contributed by atoms with Gasteiger partial charge in [-0.2, -0.15) is 13.2 Å². The van der Waals surface area contributed by atoms with Gasteiger partial charge in [-0.1, -0.05) is 35.9 Å². The van der Waals surface area contributed by atoms with Crippen molar-refractivity contribution >= 4 is 11.7 Å². The number of amides is 1.